The molecule has 0 saturated carbocycles. The number of halogens is 1. The zero-order valence-corrected chi connectivity index (χ0v) is 15.9. The Morgan fingerprint density at radius 1 is 1.11 bits per heavy atom. The molecule has 140 valence electrons. The molecule has 0 radical (unpaired) electrons. The Kier molecular flexibility index (Phi) is 6.24. The third-order valence-corrected chi connectivity index (χ3v) is 5.04. The zero-order valence-electron chi connectivity index (χ0n) is 15.2. The molecule has 0 aromatic heterocycles. The van der Waals surface area contributed by atoms with E-state index >= 15 is 0 Å². The van der Waals surface area contributed by atoms with Crippen LogP contribution >= 0.6 is 11.6 Å². The first-order valence-corrected chi connectivity index (χ1v) is 9.36. The number of nitrogens with one attached hydrogen (secondary N) is 1. The summed E-state index contributed by atoms with van der Waals surface area (Å²) in [6.07, 6.45) is 2.87. The molecule has 2 aromatic rings. The first-order chi connectivity index (χ1) is 13.0. The third-order valence-electron chi connectivity index (χ3n) is 4.79. The summed E-state index contributed by atoms with van der Waals surface area (Å²) in [4.78, 5) is 26.8. The zero-order chi connectivity index (χ0) is 19.2. The van der Waals surface area contributed by atoms with Crippen molar-refractivity contribution < 1.29 is 9.59 Å². The molecule has 3 rings (SSSR count). The lowest BCUT2D eigenvalue weighted by Gasteiger charge is -2.31. The van der Waals surface area contributed by atoms with Crippen LogP contribution < -0.4 is 5.43 Å². The minimum absolute atomic E-state index is 0.0349. The number of benzene rings is 2. The molecule has 1 fully saturated rings. The van der Waals surface area contributed by atoms with Gasteiger partial charge < -0.3 is 4.90 Å². The molecule has 6 heteroatoms. The van der Waals surface area contributed by atoms with Crippen molar-refractivity contribution in [1.82, 2.24) is 10.3 Å². The van der Waals surface area contributed by atoms with Gasteiger partial charge in [-0.05, 0) is 49.1 Å². The molecule has 2 aromatic carbocycles. The van der Waals surface area contributed by atoms with E-state index in [4.69, 9.17) is 11.6 Å². The number of nitrogens with zero attached hydrogens (tertiary/aromatic N) is 2. The smallest absolute Gasteiger partial charge is 0.254 e. The summed E-state index contributed by atoms with van der Waals surface area (Å²) >= 11 is 5.84. The van der Waals surface area contributed by atoms with Crippen LogP contribution in [-0.2, 0) is 4.79 Å². The topological polar surface area (TPSA) is 61.8 Å². The van der Waals surface area contributed by atoms with Crippen LogP contribution in [0.5, 0.6) is 0 Å². The largest absolute Gasteiger partial charge is 0.339 e. The molecule has 1 aliphatic heterocycles. The number of rotatable bonds is 4. The fourth-order valence-corrected chi connectivity index (χ4v) is 3.26. The van der Waals surface area contributed by atoms with Crippen molar-refractivity contribution in [1.29, 1.82) is 0 Å². The number of carbonyl (C=O) groups is 2. The maximum atomic E-state index is 12.6. The van der Waals surface area contributed by atoms with Crippen molar-refractivity contribution in [2.45, 2.75) is 19.8 Å². The van der Waals surface area contributed by atoms with E-state index in [1.54, 1.807) is 18.3 Å². The summed E-state index contributed by atoms with van der Waals surface area (Å²) in [5.74, 6) is -0.204. The van der Waals surface area contributed by atoms with E-state index in [-0.39, 0.29) is 17.7 Å². The van der Waals surface area contributed by atoms with Gasteiger partial charge in [-0.2, -0.15) is 5.10 Å². The van der Waals surface area contributed by atoms with Crippen molar-refractivity contribution in [2.75, 3.05) is 13.1 Å². The van der Waals surface area contributed by atoms with Gasteiger partial charge >= 0.3 is 0 Å². The van der Waals surface area contributed by atoms with Crippen molar-refractivity contribution >= 4 is 29.6 Å². The van der Waals surface area contributed by atoms with Gasteiger partial charge in [0.15, 0.2) is 0 Å². The number of piperidine rings is 1. The van der Waals surface area contributed by atoms with Gasteiger partial charge in [0.2, 0.25) is 5.91 Å². The molecule has 0 atom stereocenters. The van der Waals surface area contributed by atoms with Crippen LogP contribution in [0.3, 0.4) is 0 Å². The highest BCUT2D eigenvalue weighted by Crippen LogP contribution is 2.20. The van der Waals surface area contributed by atoms with Gasteiger partial charge in [0.25, 0.3) is 5.91 Å². The number of hydrogen-bond donors (Lipinski definition) is 1. The van der Waals surface area contributed by atoms with Gasteiger partial charge in [-0.3, -0.25) is 9.59 Å². The monoisotopic (exact) mass is 383 g/mol. The van der Waals surface area contributed by atoms with Gasteiger partial charge in [-0.1, -0.05) is 41.9 Å². The Bertz CT molecular complexity index is 841. The first kappa shape index (κ1) is 19.1. The van der Waals surface area contributed by atoms with Crippen LogP contribution in [0.25, 0.3) is 0 Å². The molecular formula is C21H22ClN3O2. The number of hydrazone groups is 1. The van der Waals surface area contributed by atoms with Gasteiger partial charge in [0, 0.05) is 29.6 Å². The highest BCUT2D eigenvalue weighted by molar-refractivity contribution is 6.30. The molecule has 0 bridgehead atoms. The van der Waals surface area contributed by atoms with Crippen molar-refractivity contribution in [3.8, 4) is 0 Å². The Morgan fingerprint density at radius 3 is 2.44 bits per heavy atom. The molecule has 1 aliphatic rings. The molecule has 0 spiro atoms. The molecule has 2 amide bonds. The van der Waals surface area contributed by atoms with Crippen molar-refractivity contribution in [2.24, 2.45) is 11.0 Å². The molecule has 5 nitrogen and oxygen atoms in total. The van der Waals surface area contributed by atoms with Crippen LogP contribution in [0.4, 0.5) is 0 Å². The standard InChI is InChI=1S/C21H22ClN3O2/c1-15-4-2-3-5-19(15)21(27)25-12-10-17(11-13-25)20(26)24-23-14-16-6-8-18(22)9-7-16/h2-9,14,17H,10-13H2,1H3,(H,24,26)/b23-14-. The molecule has 0 unspecified atom stereocenters. The summed E-state index contributed by atoms with van der Waals surface area (Å²) in [5.41, 5.74) is 5.15. The maximum absolute atomic E-state index is 12.6. The molecule has 1 N–H and O–H groups in total. The van der Waals surface area contributed by atoms with Gasteiger partial charge in [-0.25, -0.2) is 5.43 Å². The lowest BCUT2D eigenvalue weighted by atomic mass is 9.95. The SMILES string of the molecule is Cc1ccccc1C(=O)N1CCC(C(=O)N/N=C\c2ccc(Cl)cc2)CC1. The van der Waals surface area contributed by atoms with Crippen LogP contribution in [0.2, 0.25) is 5.02 Å². The minimum Gasteiger partial charge on any atom is -0.339 e. The van der Waals surface area contributed by atoms with Gasteiger partial charge in [0.05, 0.1) is 6.21 Å². The van der Waals surface area contributed by atoms with Crippen LogP contribution in [0.15, 0.2) is 53.6 Å². The number of aryl methyl sites for hydroxylation is 1. The molecule has 27 heavy (non-hydrogen) atoms. The fourth-order valence-electron chi connectivity index (χ4n) is 3.14. The van der Waals surface area contributed by atoms with E-state index in [0.717, 1.165) is 16.7 Å². The second kappa shape index (κ2) is 8.82. The van der Waals surface area contributed by atoms with E-state index in [9.17, 15) is 9.59 Å². The second-order valence-corrected chi connectivity index (χ2v) is 7.10. The predicted octanol–water partition coefficient (Wildman–Crippen LogP) is 3.65. The molecule has 1 saturated heterocycles. The highest BCUT2D eigenvalue weighted by Gasteiger charge is 2.28. The number of hydrogen-bond acceptors (Lipinski definition) is 3. The van der Waals surface area contributed by atoms with Crippen molar-refractivity contribution in [3.63, 3.8) is 0 Å². The second-order valence-electron chi connectivity index (χ2n) is 6.67. The quantitative estimate of drug-likeness (QED) is 0.647. The third kappa shape index (κ3) is 4.95. The first-order valence-electron chi connectivity index (χ1n) is 8.98. The van der Waals surface area contributed by atoms with Crippen LogP contribution in [0.1, 0.15) is 34.3 Å². The summed E-state index contributed by atoms with van der Waals surface area (Å²) < 4.78 is 0. The summed E-state index contributed by atoms with van der Waals surface area (Å²) in [6, 6.07) is 14.8. The van der Waals surface area contributed by atoms with E-state index < -0.39 is 0 Å². The van der Waals surface area contributed by atoms with Crippen molar-refractivity contribution in [3.05, 3.63) is 70.2 Å². The highest BCUT2D eigenvalue weighted by atomic mass is 35.5. The van der Waals surface area contributed by atoms with Gasteiger partial charge in [0.1, 0.15) is 0 Å². The predicted molar refractivity (Wildman–Crippen MR) is 107 cm³/mol. The Hall–Kier alpha value is -2.66. The molecular weight excluding hydrogens is 362 g/mol. The molecule has 1 heterocycles. The van der Waals surface area contributed by atoms with E-state index in [1.165, 1.54) is 0 Å². The fraction of sp³-hybridized carbons (Fsp3) is 0.286. The lowest BCUT2D eigenvalue weighted by Crippen LogP contribution is -2.42. The van der Waals surface area contributed by atoms with E-state index in [2.05, 4.69) is 10.5 Å². The van der Waals surface area contributed by atoms with Crippen LogP contribution in [-0.4, -0.2) is 36.0 Å². The summed E-state index contributed by atoms with van der Waals surface area (Å²) in [7, 11) is 0. The normalized spacial score (nSPS) is 15.1. The van der Waals surface area contributed by atoms with E-state index in [1.807, 2.05) is 48.2 Å². The summed E-state index contributed by atoms with van der Waals surface area (Å²) in [5, 5.41) is 4.67. The lowest BCUT2D eigenvalue weighted by molar-refractivity contribution is -0.126. The van der Waals surface area contributed by atoms with E-state index in [0.29, 0.717) is 31.0 Å². The maximum Gasteiger partial charge on any atom is 0.254 e. The van der Waals surface area contributed by atoms with Gasteiger partial charge in [-0.15, -0.1) is 0 Å². The average Bonchev–Trinajstić information content (AvgIpc) is 2.69. The Morgan fingerprint density at radius 2 is 1.78 bits per heavy atom. The molecule has 0 aliphatic carbocycles. The Balaban J connectivity index is 1.50. The average molecular weight is 384 g/mol. The number of amides is 2. The number of carbonyl (C=O) groups excluding carboxylic acids is 2. The number of likely N-dealkylation sites (tertiary alicyclic amines) is 1. The summed E-state index contributed by atoms with van der Waals surface area (Å²) in [6.45, 7) is 3.09. The van der Waals surface area contributed by atoms with Crippen LogP contribution in [0, 0.1) is 12.8 Å². The minimum atomic E-state index is -0.131. The Labute approximate surface area is 164 Å².